The van der Waals surface area contributed by atoms with E-state index in [9.17, 15) is 9.59 Å². The van der Waals surface area contributed by atoms with Gasteiger partial charge in [-0.2, -0.15) is 0 Å². The van der Waals surface area contributed by atoms with Crippen LogP contribution >= 0.6 is 0 Å². The van der Waals surface area contributed by atoms with Gasteiger partial charge in [0, 0.05) is 30.8 Å². The predicted octanol–water partition coefficient (Wildman–Crippen LogP) is 5.18. The molecule has 1 aliphatic heterocycles. The average molecular weight is 469 g/mol. The number of hydrogen-bond acceptors (Lipinski definition) is 6. The van der Waals surface area contributed by atoms with Crippen LogP contribution in [0.25, 0.3) is 0 Å². The number of aromatic nitrogens is 1. The van der Waals surface area contributed by atoms with Gasteiger partial charge in [-0.15, -0.1) is 0 Å². The maximum absolute atomic E-state index is 13.0. The summed E-state index contributed by atoms with van der Waals surface area (Å²) in [4.78, 5) is 31.9. The lowest BCUT2D eigenvalue weighted by atomic mass is 9.79. The van der Waals surface area contributed by atoms with E-state index in [1.807, 2.05) is 71.0 Å². The van der Waals surface area contributed by atoms with Crippen molar-refractivity contribution in [2.45, 2.75) is 66.1 Å². The van der Waals surface area contributed by atoms with Crippen molar-refractivity contribution in [2.24, 2.45) is 5.92 Å². The summed E-state index contributed by atoms with van der Waals surface area (Å²) in [6.07, 6.45) is 0.209. The molecule has 0 radical (unpaired) electrons. The van der Waals surface area contributed by atoms with Crippen molar-refractivity contribution >= 4 is 12.1 Å². The molecule has 3 rings (SSSR count). The molecule has 7 nitrogen and oxygen atoms in total. The summed E-state index contributed by atoms with van der Waals surface area (Å²) in [5.41, 5.74) is 3.35. The van der Waals surface area contributed by atoms with Crippen molar-refractivity contribution in [1.29, 1.82) is 0 Å². The quantitative estimate of drug-likeness (QED) is 0.544. The number of ether oxygens (including phenoxy) is 3. The van der Waals surface area contributed by atoms with Crippen molar-refractivity contribution in [3.8, 4) is 5.88 Å². The SMILES string of the molecule is CCOC(=O)[C@@H]1CN(C(=O)OC(C)(C)C)CC[C@H]1c1cc(OCc2ccccc2)nc(C)c1C. The summed E-state index contributed by atoms with van der Waals surface area (Å²) >= 11 is 0. The zero-order chi connectivity index (χ0) is 24.9. The Morgan fingerprint density at radius 3 is 2.50 bits per heavy atom. The van der Waals surface area contributed by atoms with Crippen LogP contribution in [0.15, 0.2) is 36.4 Å². The lowest BCUT2D eigenvalue weighted by Crippen LogP contribution is -2.48. The number of carbonyl (C=O) groups excluding carboxylic acids is 2. The topological polar surface area (TPSA) is 78.0 Å². The van der Waals surface area contributed by atoms with Gasteiger partial charge in [-0.1, -0.05) is 30.3 Å². The summed E-state index contributed by atoms with van der Waals surface area (Å²) in [5, 5.41) is 0. The Kier molecular flexibility index (Phi) is 8.18. The van der Waals surface area contributed by atoms with Gasteiger partial charge in [0.05, 0.1) is 12.5 Å². The highest BCUT2D eigenvalue weighted by molar-refractivity contribution is 5.76. The average Bonchev–Trinajstić information content (AvgIpc) is 2.79. The van der Waals surface area contributed by atoms with E-state index < -0.39 is 17.6 Å². The molecule has 1 saturated heterocycles. The maximum Gasteiger partial charge on any atom is 0.410 e. The van der Waals surface area contributed by atoms with Gasteiger partial charge in [0.15, 0.2) is 0 Å². The molecule has 0 N–H and O–H groups in total. The monoisotopic (exact) mass is 468 g/mol. The smallest absolute Gasteiger partial charge is 0.410 e. The van der Waals surface area contributed by atoms with Crippen molar-refractivity contribution in [1.82, 2.24) is 9.88 Å². The number of benzene rings is 1. The maximum atomic E-state index is 13.0. The van der Waals surface area contributed by atoms with Gasteiger partial charge < -0.3 is 19.1 Å². The Hall–Kier alpha value is -3.09. The fraction of sp³-hybridized carbons (Fsp3) is 0.519. The van der Waals surface area contributed by atoms with Crippen molar-refractivity contribution in [3.63, 3.8) is 0 Å². The summed E-state index contributed by atoms with van der Waals surface area (Å²) in [6.45, 7) is 12.7. The lowest BCUT2D eigenvalue weighted by Gasteiger charge is -2.38. The highest BCUT2D eigenvalue weighted by atomic mass is 16.6. The van der Waals surface area contributed by atoms with E-state index in [2.05, 4.69) is 4.98 Å². The molecule has 1 fully saturated rings. The molecule has 0 aliphatic carbocycles. The van der Waals surface area contributed by atoms with Crippen molar-refractivity contribution < 1.29 is 23.8 Å². The number of carbonyl (C=O) groups is 2. The molecule has 0 spiro atoms. The first-order valence-electron chi connectivity index (χ1n) is 11.9. The van der Waals surface area contributed by atoms with Crippen LogP contribution < -0.4 is 4.74 Å². The number of pyridine rings is 1. The van der Waals surface area contributed by atoms with Crippen LogP contribution in [0.3, 0.4) is 0 Å². The normalized spacial score (nSPS) is 18.4. The van der Waals surface area contributed by atoms with Crippen molar-refractivity contribution in [2.75, 3.05) is 19.7 Å². The molecule has 34 heavy (non-hydrogen) atoms. The fourth-order valence-electron chi connectivity index (χ4n) is 4.23. The van der Waals surface area contributed by atoms with Gasteiger partial charge in [-0.05, 0) is 64.7 Å². The van der Waals surface area contributed by atoms with E-state index in [1.54, 1.807) is 11.8 Å². The Balaban J connectivity index is 1.86. The highest BCUT2D eigenvalue weighted by Gasteiger charge is 2.40. The van der Waals surface area contributed by atoms with Crippen LogP contribution in [-0.4, -0.2) is 47.2 Å². The van der Waals surface area contributed by atoms with Crippen LogP contribution in [0.2, 0.25) is 0 Å². The summed E-state index contributed by atoms with van der Waals surface area (Å²) in [5.74, 6) is -0.386. The molecule has 184 valence electrons. The van der Waals surface area contributed by atoms with Gasteiger partial charge in [0.1, 0.15) is 12.2 Å². The molecule has 2 aromatic rings. The number of nitrogens with zero attached hydrogens (tertiary/aromatic N) is 2. The Labute approximate surface area is 202 Å². The molecule has 1 aromatic heterocycles. The van der Waals surface area contributed by atoms with E-state index in [4.69, 9.17) is 14.2 Å². The fourth-order valence-corrected chi connectivity index (χ4v) is 4.23. The minimum absolute atomic E-state index is 0.112. The first kappa shape index (κ1) is 25.5. The summed E-state index contributed by atoms with van der Waals surface area (Å²) in [7, 11) is 0. The molecular formula is C27H36N2O5. The number of amides is 1. The van der Waals surface area contributed by atoms with Crippen LogP contribution in [0.1, 0.15) is 62.4 Å². The lowest BCUT2D eigenvalue weighted by molar-refractivity contribution is -0.150. The second kappa shape index (κ2) is 10.9. The van der Waals surface area contributed by atoms with E-state index in [-0.39, 0.29) is 25.0 Å². The molecule has 2 atom stereocenters. The second-order valence-corrected chi connectivity index (χ2v) is 9.71. The van der Waals surface area contributed by atoms with Crippen LogP contribution in [0.5, 0.6) is 5.88 Å². The van der Waals surface area contributed by atoms with E-state index in [0.717, 1.165) is 22.4 Å². The van der Waals surface area contributed by atoms with Crippen LogP contribution in [0, 0.1) is 19.8 Å². The van der Waals surface area contributed by atoms with Crippen LogP contribution in [0.4, 0.5) is 4.79 Å². The number of likely N-dealkylation sites (tertiary alicyclic amines) is 1. The molecule has 2 heterocycles. The van der Waals surface area contributed by atoms with E-state index in [0.29, 0.717) is 25.5 Å². The van der Waals surface area contributed by atoms with Gasteiger partial charge in [-0.25, -0.2) is 9.78 Å². The molecule has 1 amide bonds. The van der Waals surface area contributed by atoms with Gasteiger partial charge >= 0.3 is 12.1 Å². The third kappa shape index (κ3) is 6.49. The molecule has 0 unspecified atom stereocenters. The zero-order valence-corrected chi connectivity index (χ0v) is 21.1. The van der Waals surface area contributed by atoms with Crippen LogP contribution in [-0.2, 0) is 20.9 Å². The Morgan fingerprint density at radius 2 is 1.85 bits per heavy atom. The zero-order valence-electron chi connectivity index (χ0n) is 21.1. The minimum atomic E-state index is -0.600. The largest absolute Gasteiger partial charge is 0.473 e. The van der Waals surface area contributed by atoms with Gasteiger partial charge in [0.2, 0.25) is 5.88 Å². The minimum Gasteiger partial charge on any atom is -0.473 e. The molecule has 1 aromatic carbocycles. The van der Waals surface area contributed by atoms with E-state index in [1.165, 1.54) is 0 Å². The number of piperidine rings is 1. The first-order chi connectivity index (χ1) is 16.1. The molecule has 1 aliphatic rings. The third-order valence-corrected chi connectivity index (χ3v) is 6.02. The van der Waals surface area contributed by atoms with Gasteiger partial charge in [0.25, 0.3) is 0 Å². The second-order valence-electron chi connectivity index (χ2n) is 9.71. The highest BCUT2D eigenvalue weighted by Crippen LogP contribution is 2.38. The molecule has 0 saturated carbocycles. The third-order valence-electron chi connectivity index (χ3n) is 6.02. The number of hydrogen-bond donors (Lipinski definition) is 0. The molecule has 7 heteroatoms. The molecule has 0 bridgehead atoms. The predicted molar refractivity (Wildman–Crippen MR) is 130 cm³/mol. The Bertz CT molecular complexity index is 1000. The summed E-state index contributed by atoms with van der Waals surface area (Å²) in [6, 6.07) is 11.9. The molecular weight excluding hydrogens is 432 g/mol. The standard InChI is InChI=1S/C27H36N2O5/c1-7-32-25(30)23-16-29(26(31)34-27(4,5)6)14-13-21(23)22-15-24(28-19(3)18(22)2)33-17-20-11-9-8-10-12-20/h8-12,15,21,23H,7,13-14,16-17H2,1-6H3/t21-,23+/m0/s1. The van der Waals surface area contributed by atoms with Crippen molar-refractivity contribution in [3.05, 3.63) is 58.8 Å². The number of esters is 1. The number of rotatable bonds is 6. The van der Waals surface area contributed by atoms with E-state index >= 15 is 0 Å². The van der Waals surface area contributed by atoms with Gasteiger partial charge in [-0.3, -0.25) is 4.79 Å². The first-order valence-corrected chi connectivity index (χ1v) is 11.9. The number of aryl methyl sites for hydroxylation is 1. The summed E-state index contributed by atoms with van der Waals surface area (Å²) < 4.78 is 17.0. The Morgan fingerprint density at radius 1 is 1.15 bits per heavy atom.